The summed E-state index contributed by atoms with van der Waals surface area (Å²) >= 11 is 5.95. The Morgan fingerprint density at radius 2 is 2.15 bits per heavy atom. The van der Waals surface area contributed by atoms with Gasteiger partial charge in [0.05, 0.1) is 5.69 Å². The summed E-state index contributed by atoms with van der Waals surface area (Å²) in [5, 5.41) is 14.5. The number of halogens is 1. The Labute approximate surface area is 118 Å². The molecule has 2 aromatic heterocycles. The van der Waals surface area contributed by atoms with Gasteiger partial charge in [0.1, 0.15) is 17.6 Å². The molecule has 0 atom stereocenters. The van der Waals surface area contributed by atoms with Crippen LogP contribution in [0, 0.1) is 0 Å². The quantitative estimate of drug-likeness (QED) is 0.782. The number of rotatable bonds is 2. The molecular weight excluding hydrogens is 280 g/mol. The largest absolute Gasteiger partial charge is 0.507 e. The molecule has 1 radical (unpaired) electrons. The summed E-state index contributed by atoms with van der Waals surface area (Å²) in [6, 6.07) is 8.37. The molecule has 2 N–H and O–H groups in total. The van der Waals surface area contributed by atoms with Crippen LogP contribution in [0.1, 0.15) is 10.4 Å². The molecule has 20 heavy (non-hydrogen) atoms. The van der Waals surface area contributed by atoms with Crippen molar-refractivity contribution in [2.24, 2.45) is 0 Å². The van der Waals surface area contributed by atoms with Gasteiger partial charge in [0.2, 0.25) is 0 Å². The number of nitrogens with one attached hydrogen (secondary N) is 1. The van der Waals surface area contributed by atoms with Crippen LogP contribution in [0.25, 0.3) is 16.9 Å². The van der Waals surface area contributed by atoms with Crippen molar-refractivity contribution in [1.29, 1.82) is 0 Å². The Hall–Kier alpha value is -2.60. The van der Waals surface area contributed by atoms with E-state index in [4.69, 9.17) is 17.3 Å². The summed E-state index contributed by atoms with van der Waals surface area (Å²) < 4.78 is 1.40. The van der Waals surface area contributed by atoms with E-state index < -0.39 is 5.91 Å². The lowest BCUT2D eigenvalue weighted by Crippen LogP contribution is -2.05. The first-order chi connectivity index (χ1) is 9.58. The maximum absolute atomic E-state index is 11.3. The summed E-state index contributed by atoms with van der Waals surface area (Å²) in [6.45, 7) is 0. The molecule has 0 aliphatic rings. The Balaban J connectivity index is 2.36. The molecule has 2 heterocycles. The van der Waals surface area contributed by atoms with Crippen molar-refractivity contribution >= 4 is 23.2 Å². The minimum absolute atomic E-state index is 0.139. The minimum atomic E-state index is -1.02. The first-order valence-corrected chi connectivity index (χ1v) is 6.03. The van der Waals surface area contributed by atoms with E-state index in [2.05, 4.69) is 10.1 Å². The van der Waals surface area contributed by atoms with E-state index >= 15 is 0 Å². The summed E-state index contributed by atoms with van der Waals surface area (Å²) in [5.41, 5.74) is 8.40. The number of aromatic hydroxyl groups is 1. The molecule has 0 saturated heterocycles. The average Bonchev–Trinajstić information content (AvgIpc) is 2.85. The van der Waals surface area contributed by atoms with Gasteiger partial charge in [-0.05, 0) is 12.1 Å². The molecule has 0 spiro atoms. The number of hydrogen-bond donors (Lipinski definition) is 1. The molecule has 6 nitrogen and oxygen atoms in total. The van der Waals surface area contributed by atoms with Crippen LogP contribution >= 0.6 is 11.6 Å². The van der Waals surface area contributed by atoms with Crippen molar-refractivity contribution in [3.63, 3.8) is 0 Å². The van der Waals surface area contributed by atoms with Crippen molar-refractivity contribution in [2.45, 2.75) is 0 Å². The van der Waals surface area contributed by atoms with Gasteiger partial charge >= 0.3 is 0 Å². The molecule has 0 aliphatic carbocycles. The van der Waals surface area contributed by atoms with Gasteiger partial charge in [-0.3, -0.25) is 10.5 Å². The first-order valence-electron chi connectivity index (χ1n) is 5.65. The molecule has 0 aliphatic heterocycles. The topological polar surface area (TPSA) is 91.3 Å². The van der Waals surface area contributed by atoms with Gasteiger partial charge in [-0.2, -0.15) is 5.10 Å². The number of amides is 1. The smallest absolute Gasteiger partial charge is 0.277 e. The summed E-state index contributed by atoms with van der Waals surface area (Å²) in [7, 11) is 0. The number of nitrogens with zero attached hydrogens (tertiary/aromatic N) is 3. The van der Waals surface area contributed by atoms with E-state index in [0.29, 0.717) is 16.3 Å². The predicted molar refractivity (Wildman–Crippen MR) is 72.5 cm³/mol. The molecule has 3 rings (SSSR count). The maximum Gasteiger partial charge on any atom is 0.277 e. The van der Waals surface area contributed by atoms with Crippen molar-refractivity contribution in [3.05, 3.63) is 47.2 Å². The SMILES string of the molecule is [NH]C(=O)c1c(O)cc(-c2cccc(Cl)c2)n2ncnc12. The fraction of sp³-hybridized carbons (Fsp3) is 0. The van der Waals surface area contributed by atoms with Gasteiger partial charge in [0, 0.05) is 16.7 Å². The lowest BCUT2D eigenvalue weighted by Gasteiger charge is -2.08. The van der Waals surface area contributed by atoms with Gasteiger partial charge in [0.25, 0.3) is 5.91 Å². The number of hydrogen-bond acceptors (Lipinski definition) is 4. The molecule has 0 fully saturated rings. The number of aromatic nitrogens is 3. The Bertz CT molecular complexity index is 828. The number of carbonyl (C=O) groups is 1. The van der Waals surface area contributed by atoms with Crippen LogP contribution in [0.5, 0.6) is 5.75 Å². The van der Waals surface area contributed by atoms with E-state index in [9.17, 15) is 9.90 Å². The van der Waals surface area contributed by atoms with Crippen LogP contribution in [-0.2, 0) is 0 Å². The second-order valence-electron chi connectivity index (χ2n) is 4.12. The molecule has 1 aromatic carbocycles. The normalized spacial score (nSPS) is 10.8. The Kier molecular flexibility index (Phi) is 2.80. The molecule has 7 heteroatoms. The zero-order valence-corrected chi connectivity index (χ0v) is 10.8. The minimum Gasteiger partial charge on any atom is -0.507 e. The molecule has 0 unspecified atom stereocenters. The standard InChI is InChI=1S/C13H8ClN4O2/c14-8-3-1-2-7(4-8)9-5-10(19)11(12(15)20)13-16-6-17-18(9)13/h1-6,15,19H. The van der Waals surface area contributed by atoms with Crippen LogP contribution in [-0.4, -0.2) is 25.6 Å². The molecule has 0 bridgehead atoms. The fourth-order valence-electron chi connectivity index (χ4n) is 2.04. The average molecular weight is 288 g/mol. The van der Waals surface area contributed by atoms with E-state index in [-0.39, 0.29) is 17.0 Å². The highest BCUT2D eigenvalue weighted by Gasteiger charge is 2.19. The molecule has 1 amide bonds. The maximum atomic E-state index is 11.3. The molecule has 3 aromatic rings. The Morgan fingerprint density at radius 1 is 1.35 bits per heavy atom. The monoisotopic (exact) mass is 287 g/mol. The lowest BCUT2D eigenvalue weighted by atomic mass is 10.1. The lowest BCUT2D eigenvalue weighted by molar-refractivity contribution is 0.0990. The number of fused-ring (bicyclic) bond motifs is 1. The van der Waals surface area contributed by atoms with Crippen LogP contribution < -0.4 is 5.73 Å². The van der Waals surface area contributed by atoms with Crippen LogP contribution in [0.2, 0.25) is 5.02 Å². The van der Waals surface area contributed by atoms with Crippen molar-refractivity contribution in [1.82, 2.24) is 20.3 Å². The second-order valence-corrected chi connectivity index (χ2v) is 4.56. The van der Waals surface area contributed by atoms with Crippen molar-refractivity contribution in [2.75, 3.05) is 0 Å². The molecule has 99 valence electrons. The zero-order chi connectivity index (χ0) is 14.3. The summed E-state index contributed by atoms with van der Waals surface area (Å²) in [6.07, 6.45) is 1.26. The number of carbonyl (C=O) groups excluding carboxylic acids is 1. The summed E-state index contributed by atoms with van der Waals surface area (Å²) in [4.78, 5) is 15.2. The van der Waals surface area contributed by atoms with Gasteiger partial charge in [-0.15, -0.1) is 0 Å². The van der Waals surface area contributed by atoms with Crippen LogP contribution in [0.3, 0.4) is 0 Å². The highest BCUT2D eigenvalue weighted by molar-refractivity contribution is 6.30. The fourth-order valence-corrected chi connectivity index (χ4v) is 2.23. The third-order valence-electron chi connectivity index (χ3n) is 2.88. The van der Waals surface area contributed by atoms with Crippen molar-refractivity contribution in [3.8, 4) is 17.0 Å². The number of pyridine rings is 1. The third kappa shape index (κ3) is 1.86. The third-order valence-corrected chi connectivity index (χ3v) is 3.11. The molecular formula is C13H8ClN4O2. The van der Waals surface area contributed by atoms with E-state index in [0.717, 1.165) is 0 Å². The van der Waals surface area contributed by atoms with E-state index in [1.807, 2.05) is 0 Å². The van der Waals surface area contributed by atoms with Crippen molar-refractivity contribution < 1.29 is 9.90 Å². The summed E-state index contributed by atoms with van der Waals surface area (Å²) in [5.74, 6) is -1.32. The first kappa shape index (κ1) is 12.4. The van der Waals surface area contributed by atoms with E-state index in [1.165, 1.54) is 16.9 Å². The van der Waals surface area contributed by atoms with Gasteiger partial charge < -0.3 is 5.11 Å². The zero-order valence-electron chi connectivity index (χ0n) is 10.0. The van der Waals surface area contributed by atoms with Gasteiger partial charge in [0.15, 0.2) is 5.65 Å². The molecule has 0 saturated carbocycles. The van der Waals surface area contributed by atoms with Crippen LogP contribution in [0.15, 0.2) is 36.7 Å². The Morgan fingerprint density at radius 3 is 2.85 bits per heavy atom. The number of benzene rings is 1. The highest BCUT2D eigenvalue weighted by Crippen LogP contribution is 2.30. The van der Waals surface area contributed by atoms with Gasteiger partial charge in [-0.1, -0.05) is 23.7 Å². The highest BCUT2D eigenvalue weighted by atomic mass is 35.5. The van der Waals surface area contributed by atoms with Crippen LogP contribution in [0.4, 0.5) is 0 Å². The predicted octanol–water partition coefficient (Wildman–Crippen LogP) is 2.18. The van der Waals surface area contributed by atoms with E-state index in [1.54, 1.807) is 24.3 Å². The second kappa shape index (κ2) is 4.50. The van der Waals surface area contributed by atoms with Gasteiger partial charge in [-0.25, -0.2) is 9.50 Å².